The first-order valence-electron chi connectivity index (χ1n) is 4.82. The second-order valence-electron chi connectivity index (χ2n) is 3.91. The Hall–Kier alpha value is -0.640. The largest absolute Gasteiger partial charge is 0.387 e. The lowest BCUT2D eigenvalue weighted by atomic mass is 9.94. The van der Waals surface area contributed by atoms with E-state index in [4.69, 9.17) is 17.3 Å². The zero-order chi connectivity index (χ0) is 11.6. The van der Waals surface area contributed by atoms with Crippen LogP contribution in [0.25, 0.3) is 0 Å². The molecule has 0 fully saturated rings. The van der Waals surface area contributed by atoms with Gasteiger partial charge in [0.25, 0.3) is 0 Å². The predicted octanol–water partition coefficient (Wildman–Crippen LogP) is 2.50. The number of hydrogen-bond donors (Lipinski definition) is 2. The van der Waals surface area contributed by atoms with Gasteiger partial charge in [0, 0.05) is 11.6 Å². The molecule has 2 atom stereocenters. The minimum absolute atomic E-state index is 0.00232. The summed E-state index contributed by atoms with van der Waals surface area (Å²) in [5.41, 5.74) is 5.91. The predicted molar refractivity (Wildman–Crippen MR) is 59.2 cm³/mol. The van der Waals surface area contributed by atoms with Gasteiger partial charge in [-0.25, -0.2) is 4.39 Å². The third kappa shape index (κ3) is 2.68. The van der Waals surface area contributed by atoms with E-state index < -0.39 is 18.0 Å². The molecule has 1 rings (SSSR count). The Morgan fingerprint density at radius 2 is 2.00 bits per heavy atom. The van der Waals surface area contributed by atoms with Crippen LogP contribution in [-0.2, 0) is 0 Å². The fourth-order valence-corrected chi connectivity index (χ4v) is 1.50. The monoisotopic (exact) mass is 231 g/mol. The van der Waals surface area contributed by atoms with Gasteiger partial charge in [-0.3, -0.25) is 0 Å². The molecule has 0 amide bonds. The van der Waals surface area contributed by atoms with Crippen molar-refractivity contribution < 1.29 is 9.50 Å². The molecule has 0 heterocycles. The summed E-state index contributed by atoms with van der Waals surface area (Å²) in [6.45, 7) is 3.74. The Morgan fingerprint density at radius 3 is 2.53 bits per heavy atom. The van der Waals surface area contributed by atoms with Gasteiger partial charge in [0.1, 0.15) is 5.82 Å². The number of rotatable bonds is 3. The Kier molecular flexibility index (Phi) is 4.08. The molecule has 0 saturated heterocycles. The standard InChI is InChI=1S/C11H15ClFNO/c1-6(2)10(14)11(15)7-4-3-5-8(12)9(7)13/h3-6,10-11,15H,14H2,1-2H3. The molecule has 0 spiro atoms. The molecule has 3 N–H and O–H groups in total. The molecule has 0 bridgehead atoms. The molecule has 0 aliphatic heterocycles. The summed E-state index contributed by atoms with van der Waals surface area (Å²) < 4.78 is 13.5. The third-order valence-electron chi connectivity index (χ3n) is 2.43. The van der Waals surface area contributed by atoms with Crippen LogP contribution in [0.4, 0.5) is 4.39 Å². The van der Waals surface area contributed by atoms with Crippen LogP contribution in [0.1, 0.15) is 25.5 Å². The average molecular weight is 232 g/mol. The van der Waals surface area contributed by atoms with Crippen molar-refractivity contribution >= 4 is 11.6 Å². The van der Waals surface area contributed by atoms with Gasteiger partial charge in [-0.2, -0.15) is 0 Å². The van der Waals surface area contributed by atoms with Crippen molar-refractivity contribution in [2.75, 3.05) is 0 Å². The number of aliphatic hydroxyl groups excluding tert-OH is 1. The van der Waals surface area contributed by atoms with Crippen LogP contribution in [-0.4, -0.2) is 11.1 Å². The number of hydrogen-bond acceptors (Lipinski definition) is 2. The van der Waals surface area contributed by atoms with Crippen LogP contribution in [0.3, 0.4) is 0 Å². The molecule has 84 valence electrons. The van der Waals surface area contributed by atoms with E-state index in [1.807, 2.05) is 13.8 Å². The van der Waals surface area contributed by atoms with Gasteiger partial charge >= 0.3 is 0 Å². The van der Waals surface area contributed by atoms with Gasteiger partial charge in [-0.1, -0.05) is 37.6 Å². The Morgan fingerprint density at radius 1 is 1.40 bits per heavy atom. The highest BCUT2D eigenvalue weighted by Crippen LogP contribution is 2.26. The number of benzene rings is 1. The number of halogens is 2. The average Bonchev–Trinajstić information content (AvgIpc) is 2.20. The molecule has 15 heavy (non-hydrogen) atoms. The van der Waals surface area contributed by atoms with Crippen molar-refractivity contribution in [2.24, 2.45) is 11.7 Å². The van der Waals surface area contributed by atoms with Crippen LogP contribution in [0, 0.1) is 11.7 Å². The maximum Gasteiger partial charge on any atom is 0.147 e. The van der Waals surface area contributed by atoms with Crippen LogP contribution in [0.2, 0.25) is 5.02 Å². The normalized spacial score (nSPS) is 15.4. The molecule has 0 aliphatic carbocycles. The first-order valence-corrected chi connectivity index (χ1v) is 5.20. The first-order chi connectivity index (χ1) is 6.95. The van der Waals surface area contributed by atoms with Gasteiger partial charge in [0.2, 0.25) is 0 Å². The molecule has 2 nitrogen and oxygen atoms in total. The molecule has 0 saturated carbocycles. The summed E-state index contributed by atoms with van der Waals surface area (Å²) in [4.78, 5) is 0. The maximum atomic E-state index is 13.5. The van der Waals surface area contributed by atoms with Gasteiger partial charge in [-0.05, 0) is 12.0 Å². The minimum atomic E-state index is -1.02. The maximum absolute atomic E-state index is 13.5. The number of aliphatic hydroxyl groups is 1. The van der Waals surface area contributed by atoms with E-state index in [0.717, 1.165) is 0 Å². The van der Waals surface area contributed by atoms with E-state index in [2.05, 4.69) is 0 Å². The summed E-state index contributed by atoms with van der Waals surface area (Å²) in [5, 5.41) is 9.84. The fraction of sp³-hybridized carbons (Fsp3) is 0.455. The first kappa shape index (κ1) is 12.4. The van der Waals surface area contributed by atoms with E-state index in [-0.39, 0.29) is 16.5 Å². The lowest BCUT2D eigenvalue weighted by Gasteiger charge is -2.23. The van der Waals surface area contributed by atoms with E-state index in [9.17, 15) is 9.50 Å². The molecule has 0 radical (unpaired) electrons. The minimum Gasteiger partial charge on any atom is -0.387 e. The highest BCUT2D eigenvalue weighted by molar-refractivity contribution is 6.30. The van der Waals surface area contributed by atoms with E-state index in [1.165, 1.54) is 12.1 Å². The Labute approximate surface area is 93.9 Å². The second-order valence-corrected chi connectivity index (χ2v) is 4.32. The third-order valence-corrected chi connectivity index (χ3v) is 2.73. The molecule has 1 aromatic rings. The van der Waals surface area contributed by atoms with Crippen molar-refractivity contribution in [1.82, 2.24) is 0 Å². The summed E-state index contributed by atoms with van der Waals surface area (Å²) in [5.74, 6) is -0.527. The lowest BCUT2D eigenvalue weighted by molar-refractivity contribution is 0.122. The van der Waals surface area contributed by atoms with E-state index >= 15 is 0 Å². The summed E-state index contributed by atoms with van der Waals surface area (Å²) in [6, 6.07) is 4.03. The molecule has 4 heteroatoms. The highest BCUT2D eigenvalue weighted by Gasteiger charge is 2.23. The molecular formula is C11H15ClFNO. The number of nitrogens with two attached hydrogens (primary N) is 1. The Balaban J connectivity index is 3.01. The molecular weight excluding hydrogens is 217 g/mol. The van der Waals surface area contributed by atoms with Gasteiger partial charge in [0.05, 0.1) is 11.1 Å². The quantitative estimate of drug-likeness (QED) is 0.840. The Bertz CT molecular complexity index is 343. The second kappa shape index (κ2) is 4.92. The summed E-state index contributed by atoms with van der Waals surface area (Å²) in [6.07, 6.45) is -1.02. The van der Waals surface area contributed by atoms with Gasteiger partial charge in [0.15, 0.2) is 0 Å². The van der Waals surface area contributed by atoms with Gasteiger partial charge < -0.3 is 10.8 Å². The van der Waals surface area contributed by atoms with Crippen molar-refractivity contribution in [3.8, 4) is 0 Å². The highest BCUT2D eigenvalue weighted by atomic mass is 35.5. The summed E-state index contributed by atoms with van der Waals surface area (Å²) in [7, 11) is 0. The molecule has 0 aromatic heterocycles. The molecule has 2 unspecified atom stereocenters. The van der Waals surface area contributed by atoms with Crippen LogP contribution in [0.5, 0.6) is 0 Å². The molecule has 0 aliphatic rings. The zero-order valence-corrected chi connectivity index (χ0v) is 9.50. The zero-order valence-electron chi connectivity index (χ0n) is 8.74. The van der Waals surface area contributed by atoms with Crippen molar-refractivity contribution in [3.05, 3.63) is 34.6 Å². The van der Waals surface area contributed by atoms with Crippen LogP contribution < -0.4 is 5.73 Å². The van der Waals surface area contributed by atoms with Crippen molar-refractivity contribution in [1.29, 1.82) is 0 Å². The van der Waals surface area contributed by atoms with Gasteiger partial charge in [-0.15, -0.1) is 0 Å². The van der Waals surface area contributed by atoms with Crippen LogP contribution in [0.15, 0.2) is 18.2 Å². The molecule has 1 aromatic carbocycles. The lowest BCUT2D eigenvalue weighted by Crippen LogP contribution is -2.33. The van der Waals surface area contributed by atoms with E-state index in [1.54, 1.807) is 6.07 Å². The fourth-order valence-electron chi connectivity index (χ4n) is 1.32. The topological polar surface area (TPSA) is 46.2 Å². The van der Waals surface area contributed by atoms with Crippen molar-refractivity contribution in [3.63, 3.8) is 0 Å². The smallest absolute Gasteiger partial charge is 0.147 e. The SMILES string of the molecule is CC(C)C(N)C(O)c1cccc(Cl)c1F. The van der Waals surface area contributed by atoms with E-state index in [0.29, 0.717) is 0 Å². The summed E-state index contributed by atoms with van der Waals surface area (Å²) >= 11 is 5.62. The van der Waals surface area contributed by atoms with Crippen molar-refractivity contribution in [2.45, 2.75) is 26.0 Å². The van der Waals surface area contributed by atoms with Crippen LogP contribution >= 0.6 is 11.6 Å².